The van der Waals surface area contributed by atoms with Crippen molar-refractivity contribution in [3.63, 3.8) is 0 Å². The van der Waals surface area contributed by atoms with Crippen molar-refractivity contribution in [3.05, 3.63) is 0 Å². The molecule has 0 spiro atoms. The van der Waals surface area contributed by atoms with E-state index in [4.69, 9.17) is 5.11 Å². The summed E-state index contributed by atoms with van der Waals surface area (Å²) in [4.78, 5) is 0. The summed E-state index contributed by atoms with van der Waals surface area (Å²) >= 11 is 0. The van der Waals surface area contributed by atoms with Crippen molar-refractivity contribution in [1.29, 1.82) is 0 Å². The predicted molar refractivity (Wildman–Crippen MR) is 100 cm³/mol. The topological polar surface area (TPSA) is 77.4 Å². The van der Waals surface area contributed by atoms with E-state index in [1.165, 1.54) is 77.0 Å². The molecule has 146 valence electrons. The van der Waals surface area contributed by atoms with Crippen LogP contribution in [0.25, 0.3) is 0 Å². The van der Waals surface area contributed by atoms with Crippen LogP contribution in [0.5, 0.6) is 0 Å². The molecule has 0 aliphatic carbocycles. The first-order valence-electron chi connectivity index (χ1n) is 10.1. The number of rotatable bonds is 19. The maximum Gasteiger partial charge on any atom is 1.00 e. The van der Waals surface area contributed by atoms with Gasteiger partial charge < -0.3 is 9.66 Å². The van der Waals surface area contributed by atoms with Crippen LogP contribution in [0.4, 0.5) is 0 Å². The van der Waals surface area contributed by atoms with Crippen LogP contribution in [0.2, 0.25) is 0 Å². The number of hydrogen-bond acceptors (Lipinski definition) is 4. The number of unbranched alkanes of at least 4 members (excludes halogenated alkanes) is 16. The van der Waals surface area contributed by atoms with Gasteiger partial charge in [0.05, 0.1) is 10.1 Å². The summed E-state index contributed by atoms with van der Waals surface area (Å²) in [6, 6.07) is 0. The van der Waals surface area contributed by atoms with Gasteiger partial charge in [-0.25, -0.2) is 8.42 Å². The zero-order valence-electron chi connectivity index (χ0n) is 16.5. The van der Waals surface area contributed by atoms with Crippen LogP contribution in [-0.2, 0) is 10.1 Å². The van der Waals surface area contributed by atoms with Gasteiger partial charge in [-0.1, -0.05) is 96.3 Å². The molecule has 25 heavy (non-hydrogen) atoms. The molecule has 6 heteroatoms. The van der Waals surface area contributed by atoms with Crippen molar-refractivity contribution >= 4 is 10.1 Å². The molecular weight excluding hydrogens is 363 g/mol. The van der Waals surface area contributed by atoms with Crippen molar-refractivity contribution in [3.8, 4) is 0 Å². The Hall–Kier alpha value is 1.51. The molecule has 0 aromatic carbocycles. The zero-order chi connectivity index (χ0) is 17.9. The molecule has 0 amide bonds. The van der Waals surface area contributed by atoms with Crippen LogP contribution in [0.3, 0.4) is 0 Å². The summed E-state index contributed by atoms with van der Waals surface area (Å²) in [5.74, 6) is -0.199. The van der Waals surface area contributed by atoms with Gasteiger partial charge in [0.25, 0.3) is 0 Å². The summed E-state index contributed by atoms with van der Waals surface area (Å²) < 4.78 is 31.3. The predicted octanol–water partition coefficient (Wildman–Crippen LogP) is 2.16. The molecule has 0 aromatic heterocycles. The van der Waals surface area contributed by atoms with Crippen LogP contribution in [-0.4, -0.2) is 30.4 Å². The molecule has 1 N–H and O–H groups in total. The first kappa shape index (κ1) is 28.7. The van der Waals surface area contributed by atoms with Crippen LogP contribution in [0.15, 0.2) is 0 Å². The van der Waals surface area contributed by atoms with E-state index in [-0.39, 0.29) is 57.1 Å². The van der Waals surface area contributed by atoms with Gasteiger partial charge in [-0.2, -0.15) is 0 Å². The van der Waals surface area contributed by atoms with Gasteiger partial charge in [-0.05, 0) is 12.8 Å². The van der Waals surface area contributed by atoms with Crippen molar-refractivity contribution < 1.29 is 69.5 Å². The SMILES string of the molecule is O=S(=O)([O-])CCCCCCCCCCCCCCCCCCCO.[K+]. The Balaban J connectivity index is 0. The molecule has 0 rings (SSSR count). The molecule has 0 atom stereocenters. The first-order valence-corrected chi connectivity index (χ1v) is 11.7. The maximum atomic E-state index is 10.4. The fourth-order valence-corrected chi connectivity index (χ4v) is 3.60. The zero-order valence-corrected chi connectivity index (χ0v) is 20.5. The van der Waals surface area contributed by atoms with E-state index >= 15 is 0 Å². The van der Waals surface area contributed by atoms with Crippen molar-refractivity contribution in [1.82, 2.24) is 0 Å². The van der Waals surface area contributed by atoms with Crippen LogP contribution in [0.1, 0.15) is 109 Å². The molecule has 0 heterocycles. The first-order chi connectivity index (χ1) is 11.6. The van der Waals surface area contributed by atoms with Gasteiger partial charge in [-0.3, -0.25) is 0 Å². The van der Waals surface area contributed by atoms with E-state index in [9.17, 15) is 13.0 Å². The molecule has 0 fully saturated rings. The molecule has 0 saturated heterocycles. The monoisotopic (exact) mass is 402 g/mol. The Morgan fingerprint density at radius 1 is 0.520 bits per heavy atom. The molecule has 0 bridgehead atoms. The van der Waals surface area contributed by atoms with E-state index in [2.05, 4.69) is 0 Å². The molecule has 0 aliphatic heterocycles. The number of hydrogen-bond donors (Lipinski definition) is 1. The fraction of sp³-hybridized carbons (Fsp3) is 1.00. The quantitative estimate of drug-likeness (QED) is 0.204. The van der Waals surface area contributed by atoms with Crippen LogP contribution < -0.4 is 51.4 Å². The van der Waals surface area contributed by atoms with Crippen LogP contribution >= 0.6 is 0 Å². The molecule has 0 radical (unpaired) electrons. The summed E-state index contributed by atoms with van der Waals surface area (Å²) in [7, 11) is -4.01. The standard InChI is InChI=1S/C19H40O4S.K/c20-18-16-14-12-10-8-6-4-2-1-3-5-7-9-11-13-15-17-19-24(21,22)23;/h20H,1-19H2,(H,21,22,23);/q;+1/p-1. The van der Waals surface area contributed by atoms with Gasteiger partial charge >= 0.3 is 51.4 Å². The summed E-state index contributed by atoms with van der Waals surface area (Å²) in [5, 5.41) is 8.69. The summed E-state index contributed by atoms with van der Waals surface area (Å²) in [6.45, 7) is 0.339. The average Bonchev–Trinajstić information content (AvgIpc) is 2.52. The second-order valence-corrected chi connectivity index (χ2v) is 8.52. The Labute approximate surface area is 199 Å². The normalized spacial score (nSPS) is 11.4. The third-order valence-corrected chi connectivity index (χ3v) is 5.34. The third-order valence-electron chi connectivity index (χ3n) is 4.55. The van der Waals surface area contributed by atoms with Gasteiger partial charge in [0.2, 0.25) is 0 Å². The van der Waals surface area contributed by atoms with Gasteiger partial charge in [-0.15, -0.1) is 0 Å². The Morgan fingerprint density at radius 2 is 0.760 bits per heavy atom. The van der Waals surface area contributed by atoms with Gasteiger partial charge in [0.15, 0.2) is 0 Å². The van der Waals surface area contributed by atoms with Crippen molar-refractivity contribution in [2.24, 2.45) is 0 Å². The van der Waals surface area contributed by atoms with Crippen molar-refractivity contribution in [2.45, 2.75) is 109 Å². The number of aliphatic hydroxyl groups is 1. The Morgan fingerprint density at radius 3 is 1.00 bits per heavy atom. The molecular formula is C19H39KO4S. The third kappa shape index (κ3) is 27.8. The second-order valence-electron chi connectivity index (χ2n) is 7.00. The minimum atomic E-state index is -4.01. The largest absolute Gasteiger partial charge is 1.00 e. The average molecular weight is 403 g/mol. The minimum Gasteiger partial charge on any atom is -0.748 e. The summed E-state index contributed by atoms with van der Waals surface area (Å²) in [6.07, 6.45) is 20.3. The van der Waals surface area contributed by atoms with E-state index in [1.807, 2.05) is 0 Å². The Kier molecular flexibility index (Phi) is 25.0. The van der Waals surface area contributed by atoms with Crippen molar-refractivity contribution in [2.75, 3.05) is 12.4 Å². The molecule has 4 nitrogen and oxygen atoms in total. The Bertz CT molecular complexity index is 347. The van der Waals surface area contributed by atoms with E-state index < -0.39 is 10.1 Å². The summed E-state index contributed by atoms with van der Waals surface area (Å²) in [5.41, 5.74) is 0. The molecule has 0 aromatic rings. The molecule has 0 unspecified atom stereocenters. The molecule has 0 saturated carbocycles. The number of aliphatic hydroxyl groups excluding tert-OH is 1. The van der Waals surface area contributed by atoms with E-state index in [1.54, 1.807) is 0 Å². The minimum absolute atomic E-state index is 0. The molecule has 0 aliphatic rings. The van der Waals surface area contributed by atoms with Gasteiger partial charge in [0, 0.05) is 12.4 Å². The van der Waals surface area contributed by atoms with Crippen LogP contribution in [0, 0.1) is 0 Å². The maximum absolute atomic E-state index is 10.4. The second kappa shape index (κ2) is 21.8. The van der Waals surface area contributed by atoms with E-state index in [0.717, 1.165) is 25.7 Å². The van der Waals surface area contributed by atoms with E-state index in [0.29, 0.717) is 13.0 Å². The van der Waals surface area contributed by atoms with Gasteiger partial charge in [0.1, 0.15) is 0 Å². The fourth-order valence-electron chi connectivity index (χ4n) is 3.04. The smallest absolute Gasteiger partial charge is 0.748 e.